The predicted octanol–water partition coefficient (Wildman–Crippen LogP) is 0.345. The van der Waals surface area contributed by atoms with Crippen molar-refractivity contribution in [2.75, 3.05) is 20.1 Å². The SMILES string of the molecule is CCc1ncc(S(=O)(=O)N(C)CC2CCCN2)[nH]1. The molecule has 6 nitrogen and oxygen atoms in total. The number of aromatic nitrogens is 2. The summed E-state index contributed by atoms with van der Waals surface area (Å²) < 4.78 is 25.9. The first-order chi connectivity index (χ1) is 8.54. The van der Waals surface area contributed by atoms with Gasteiger partial charge in [0.2, 0.25) is 0 Å². The highest BCUT2D eigenvalue weighted by molar-refractivity contribution is 7.89. The second-order valence-electron chi connectivity index (χ2n) is 4.63. The highest BCUT2D eigenvalue weighted by atomic mass is 32.2. The van der Waals surface area contributed by atoms with E-state index in [2.05, 4.69) is 15.3 Å². The third-order valence-electron chi connectivity index (χ3n) is 3.27. The number of aryl methyl sites for hydroxylation is 1. The van der Waals surface area contributed by atoms with Crippen LogP contribution in [0.25, 0.3) is 0 Å². The molecule has 0 amide bonds. The van der Waals surface area contributed by atoms with E-state index in [0.29, 0.717) is 18.8 Å². The summed E-state index contributed by atoms with van der Waals surface area (Å²) in [5.41, 5.74) is 0. The molecule has 0 aliphatic carbocycles. The Morgan fingerprint density at radius 2 is 2.33 bits per heavy atom. The van der Waals surface area contributed by atoms with E-state index in [9.17, 15) is 8.42 Å². The average Bonchev–Trinajstić information content (AvgIpc) is 2.99. The van der Waals surface area contributed by atoms with Gasteiger partial charge in [-0.3, -0.25) is 0 Å². The molecule has 1 atom stereocenters. The molecule has 1 aromatic heterocycles. The summed E-state index contributed by atoms with van der Waals surface area (Å²) in [6.45, 7) is 3.41. The standard InChI is InChI=1S/C11H20N4O2S/c1-3-10-13-7-11(14-10)18(16,17)15(2)8-9-5-4-6-12-9/h7,9,12H,3-6,8H2,1-2H3,(H,13,14). The van der Waals surface area contributed by atoms with Gasteiger partial charge in [-0.25, -0.2) is 13.4 Å². The van der Waals surface area contributed by atoms with Crippen LogP contribution in [0.15, 0.2) is 11.2 Å². The van der Waals surface area contributed by atoms with Gasteiger partial charge >= 0.3 is 0 Å². The van der Waals surface area contributed by atoms with Gasteiger partial charge in [-0.1, -0.05) is 6.92 Å². The topological polar surface area (TPSA) is 78.1 Å². The molecule has 102 valence electrons. The second kappa shape index (κ2) is 5.38. The molecule has 7 heteroatoms. The number of nitrogens with zero attached hydrogens (tertiary/aromatic N) is 2. The van der Waals surface area contributed by atoms with Crippen molar-refractivity contribution >= 4 is 10.0 Å². The first-order valence-electron chi connectivity index (χ1n) is 6.27. The maximum Gasteiger partial charge on any atom is 0.259 e. The molecule has 1 fully saturated rings. The van der Waals surface area contributed by atoms with Crippen LogP contribution in [0, 0.1) is 0 Å². The number of sulfonamides is 1. The molecule has 0 saturated carbocycles. The van der Waals surface area contributed by atoms with Gasteiger partial charge in [0, 0.05) is 26.1 Å². The lowest BCUT2D eigenvalue weighted by molar-refractivity contribution is 0.416. The van der Waals surface area contributed by atoms with Crippen LogP contribution in [-0.4, -0.2) is 48.9 Å². The number of hydrogen-bond donors (Lipinski definition) is 2. The highest BCUT2D eigenvalue weighted by Crippen LogP contribution is 2.14. The minimum Gasteiger partial charge on any atom is -0.332 e. The van der Waals surface area contributed by atoms with Crippen LogP contribution in [0.3, 0.4) is 0 Å². The normalized spacial score (nSPS) is 20.7. The Kier molecular flexibility index (Phi) is 4.04. The van der Waals surface area contributed by atoms with E-state index in [4.69, 9.17) is 0 Å². The van der Waals surface area contributed by atoms with Crippen LogP contribution in [0.4, 0.5) is 0 Å². The first-order valence-corrected chi connectivity index (χ1v) is 7.71. The predicted molar refractivity (Wildman–Crippen MR) is 68.8 cm³/mol. The van der Waals surface area contributed by atoms with E-state index in [1.54, 1.807) is 7.05 Å². The molecule has 18 heavy (non-hydrogen) atoms. The summed E-state index contributed by atoms with van der Waals surface area (Å²) in [5, 5.41) is 3.48. The summed E-state index contributed by atoms with van der Waals surface area (Å²) in [5.74, 6) is 0.695. The number of hydrogen-bond acceptors (Lipinski definition) is 4. The summed E-state index contributed by atoms with van der Waals surface area (Å²) in [4.78, 5) is 6.89. The lowest BCUT2D eigenvalue weighted by Gasteiger charge is -2.20. The van der Waals surface area contributed by atoms with Crippen molar-refractivity contribution < 1.29 is 8.42 Å². The van der Waals surface area contributed by atoms with E-state index >= 15 is 0 Å². The molecule has 0 spiro atoms. The van der Waals surface area contributed by atoms with Crippen LogP contribution in [0.2, 0.25) is 0 Å². The fraction of sp³-hybridized carbons (Fsp3) is 0.727. The van der Waals surface area contributed by atoms with Crippen LogP contribution >= 0.6 is 0 Å². The molecular weight excluding hydrogens is 252 g/mol. The van der Waals surface area contributed by atoms with Gasteiger partial charge in [0.1, 0.15) is 5.82 Å². The lowest BCUT2D eigenvalue weighted by atomic mass is 10.2. The third kappa shape index (κ3) is 2.73. The highest BCUT2D eigenvalue weighted by Gasteiger charge is 2.26. The van der Waals surface area contributed by atoms with Crippen molar-refractivity contribution in [3.63, 3.8) is 0 Å². The summed E-state index contributed by atoms with van der Waals surface area (Å²) in [6.07, 6.45) is 4.24. The van der Waals surface area contributed by atoms with E-state index in [1.165, 1.54) is 10.5 Å². The molecule has 1 aromatic rings. The van der Waals surface area contributed by atoms with E-state index in [1.807, 2.05) is 6.92 Å². The third-order valence-corrected chi connectivity index (χ3v) is 5.00. The van der Waals surface area contributed by atoms with Crippen molar-refractivity contribution in [3.05, 3.63) is 12.0 Å². The monoisotopic (exact) mass is 272 g/mol. The zero-order chi connectivity index (χ0) is 13.2. The Balaban J connectivity index is 2.09. The minimum absolute atomic E-state index is 0.180. The first kappa shape index (κ1) is 13.5. The zero-order valence-electron chi connectivity index (χ0n) is 10.8. The fourth-order valence-corrected chi connectivity index (χ4v) is 3.29. The number of aromatic amines is 1. The van der Waals surface area contributed by atoms with E-state index < -0.39 is 10.0 Å². The molecule has 0 radical (unpaired) electrons. The Hall–Kier alpha value is -0.920. The zero-order valence-corrected chi connectivity index (χ0v) is 11.6. The van der Waals surface area contributed by atoms with Crippen molar-refractivity contribution in [1.29, 1.82) is 0 Å². The smallest absolute Gasteiger partial charge is 0.259 e. The fourth-order valence-electron chi connectivity index (χ4n) is 2.14. The van der Waals surface area contributed by atoms with Gasteiger partial charge in [0.15, 0.2) is 5.03 Å². The molecule has 1 aliphatic rings. The van der Waals surface area contributed by atoms with Crippen LogP contribution < -0.4 is 5.32 Å². The van der Waals surface area contributed by atoms with Gasteiger partial charge in [-0.15, -0.1) is 0 Å². The van der Waals surface area contributed by atoms with Gasteiger partial charge in [-0.2, -0.15) is 4.31 Å². The molecular formula is C11H20N4O2S. The van der Waals surface area contributed by atoms with E-state index in [-0.39, 0.29) is 11.1 Å². The van der Waals surface area contributed by atoms with Crippen molar-refractivity contribution in [2.24, 2.45) is 0 Å². The maximum atomic E-state index is 12.3. The number of H-pyrrole nitrogens is 1. The van der Waals surface area contributed by atoms with Gasteiger partial charge < -0.3 is 10.3 Å². The van der Waals surface area contributed by atoms with Crippen molar-refractivity contribution in [1.82, 2.24) is 19.6 Å². The molecule has 2 heterocycles. The number of nitrogens with one attached hydrogen (secondary N) is 2. The largest absolute Gasteiger partial charge is 0.332 e. The summed E-state index contributed by atoms with van der Waals surface area (Å²) in [6, 6.07) is 0.262. The van der Waals surface area contributed by atoms with Crippen LogP contribution in [0.1, 0.15) is 25.6 Å². The van der Waals surface area contributed by atoms with Crippen molar-refractivity contribution in [2.45, 2.75) is 37.3 Å². The van der Waals surface area contributed by atoms with Gasteiger partial charge in [0.05, 0.1) is 6.20 Å². The minimum atomic E-state index is -3.44. The quantitative estimate of drug-likeness (QED) is 0.810. The Bertz CT molecular complexity index is 491. The molecule has 0 bridgehead atoms. The van der Waals surface area contributed by atoms with Crippen LogP contribution in [-0.2, 0) is 16.4 Å². The molecule has 1 saturated heterocycles. The van der Waals surface area contributed by atoms with Crippen molar-refractivity contribution in [3.8, 4) is 0 Å². The van der Waals surface area contributed by atoms with E-state index in [0.717, 1.165) is 19.4 Å². The van der Waals surface area contributed by atoms with Gasteiger partial charge in [0.25, 0.3) is 10.0 Å². The average molecular weight is 272 g/mol. The number of imidazole rings is 1. The number of likely N-dealkylation sites (N-methyl/N-ethyl adjacent to an activating group) is 1. The summed E-state index contributed by atoms with van der Waals surface area (Å²) in [7, 11) is -1.83. The second-order valence-corrected chi connectivity index (χ2v) is 6.64. The molecule has 2 N–H and O–H groups in total. The summed E-state index contributed by atoms with van der Waals surface area (Å²) >= 11 is 0. The molecule has 1 unspecified atom stereocenters. The number of rotatable bonds is 5. The Morgan fingerprint density at radius 1 is 1.56 bits per heavy atom. The molecule has 2 rings (SSSR count). The van der Waals surface area contributed by atoms with Gasteiger partial charge in [-0.05, 0) is 19.4 Å². The van der Waals surface area contributed by atoms with Crippen LogP contribution in [0.5, 0.6) is 0 Å². The lowest BCUT2D eigenvalue weighted by Crippen LogP contribution is -2.38. The Morgan fingerprint density at radius 3 is 2.89 bits per heavy atom. The Labute approximate surface area is 108 Å². The molecule has 1 aliphatic heterocycles. The maximum absolute atomic E-state index is 12.3. The molecule has 0 aromatic carbocycles.